The number of nitro benzene ring substituents is 1. The number of aromatic amines is 1. The molecular weight excluding hydrogens is 366 g/mol. The molecule has 3 rings (SSSR count). The maximum atomic E-state index is 12.1. The van der Waals surface area contributed by atoms with Crippen LogP contribution >= 0.6 is 11.3 Å². The third kappa shape index (κ3) is 4.77. The van der Waals surface area contributed by atoms with Gasteiger partial charge in [0.1, 0.15) is 4.66 Å². The van der Waals surface area contributed by atoms with E-state index in [-0.39, 0.29) is 17.2 Å². The smallest absolute Gasteiger partial charge is 0.269 e. The van der Waals surface area contributed by atoms with Crippen molar-refractivity contribution < 1.29 is 9.72 Å². The van der Waals surface area contributed by atoms with Crippen LogP contribution in [-0.2, 0) is 4.79 Å². The SMILES string of the molecule is Cc1ccc(NC(=O)/C=c2/[nH]c(=O)/c(=C/c3ccc([N+](=O)[O-])cc3)s2)cc1. The lowest BCUT2D eigenvalue weighted by atomic mass is 10.2. The molecule has 1 aromatic heterocycles. The molecule has 0 saturated heterocycles. The fourth-order valence-corrected chi connectivity index (χ4v) is 3.19. The average Bonchev–Trinajstić information content (AvgIpc) is 2.96. The number of anilines is 1. The standard InChI is InChI=1S/C19H15N3O4S/c1-12-2-6-14(7-3-12)20-17(23)11-18-21-19(24)16(27-18)10-13-4-8-15(9-5-13)22(25)26/h2-11H,1H3,(H,20,23)(H,21,24)/b16-10-,18-11-. The topological polar surface area (TPSA) is 105 Å². The number of amides is 1. The monoisotopic (exact) mass is 381 g/mol. The lowest BCUT2D eigenvalue weighted by molar-refractivity contribution is -0.384. The van der Waals surface area contributed by atoms with Crippen molar-refractivity contribution in [3.63, 3.8) is 0 Å². The van der Waals surface area contributed by atoms with Crippen molar-refractivity contribution in [2.24, 2.45) is 0 Å². The Hall–Kier alpha value is -3.52. The Balaban J connectivity index is 1.83. The summed E-state index contributed by atoms with van der Waals surface area (Å²) < 4.78 is 0.816. The maximum Gasteiger partial charge on any atom is 0.269 e. The second-order valence-corrected chi connectivity index (χ2v) is 6.86. The van der Waals surface area contributed by atoms with Gasteiger partial charge in [-0.3, -0.25) is 19.7 Å². The number of rotatable bonds is 4. The van der Waals surface area contributed by atoms with Gasteiger partial charge in [-0.15, -0.1) is 11.3 Å². The van der Waals surface area contributed by atoms with Crippen LogP contribution in [0.4, 0.5) is 11.4 Å². The lowest BCUT2D eigenvalue weighted by Crippen LogP contribution is -2.20. The largest absolute Gasteiger partial charge is 0.322 e. The van der Waals surface area contributed by atoms with Gasteiger partial charge in [-0.05, 0) is 42.8 Å². The second kappa shape index (κ2) is 7.79. The number of non-ortho nitro benzene ring substituents is 1. The van der Waals surface area contributed by atoms with Gasteiger partial charge in [0, 0.05) is 23.9 Å². The van der Waals surface area contributed by atoms with Crippen molar-refractivity contribution in [2.75, 3.05) is 5.32 Å². The van der Waals surface area contributed by atoms with Crippen molar-refractivity contribution in [3.8, 4) is 0 Å². The average molecular weight is 381 g/mol. The summed E-state index contributed by atoms with van der Waals surface area (Å²) in [6.07, 6.45) is 2.93. The molecule has 0 bridgehead atoms. The van der Waals surface area contributed by atoms with E-state index in [2.05, 4.69) is 10.3 Å². The summed E-state index contributed by atoms with van der Waals surface area (Å²) in [4.78, 5) is 37.0. The molecule has 2 aromatic carbocycles. The molecule has 0 spiro atoms. The van der Waals surface area contributed by atoms with Gasteiger partial charge < -0.3 is 10.3 Å². The van der Waals surface area contributed by atoms with E-state index < -0.39 is 4.92 Å². The first-order valence-corrected chi connectivity index (χ1v) is 8.77. The highest BCUT2D eigenvalue weighted by Crippen LogP contribution is 2.12. The predicted molar refractivity (Wildman–Crippen MR) is 105 cm³/mol. The molecule has 8 heteroatoms. The second-order valence-electron chi connectivity index (χ2n) is 5.78. The molecule has 0 radical (unpaired) electrons. The molecule has 0 saturated carbocycles. The summed E-state index contributed by atoms with van der Waals surface area (Å²) in [7, 11) is 0. The normalized spacial score (nSPS) is 12.2. The van der Waals surface area contributed by atoms with Gasteiger partial charge in [-0.25, -0.2) is 0 Å². The highest BCUT2D eigenvalue weighted by molar-refractivity contribution is 7.07. The Morgan fingerprint density at radius 3 is 2.44 bits per heavy atom. The molecule has 0 aliphatic heterocycles. The number of hydrogen-bond acceptors (Lipinski definition) is 5. The van der Waals surface area contributed by atoms with Crippen molar-refractivity contribution in [2.45, 2.75) is 6.92 Å². The van der Waals surface area contributed by atoms with Crippen molar-refractivity contribution in [1.82, 2.24) is 4.98 Å². The summed E-state index contributed by atoms with van der Waals surface area (Å²) in [5.74, 6) is -0.349. The van der Waals surface area contributed by atoms with Gasteiger partial charge in [0.2, 0.25) is 0 Å². The minimum atomic E-state index is -0.485. The van der Waals surface area contributed by atoms with Crippen LogP contribution in [0, 0.1) is 17.0 Å². The van der Waals surface area contributed by atoms with Crippen LogP contribution in [0.15, 0.2) is 53.3 Å². The Bertz CT molecular complexity index is 1160. The van der Waals surface area contributed by atoms with Crippen LogP contribution in [0.25, 0.3) is 12.2 Å². The highest BCUT2D eigenvalue weighted by Gasteiger charge is 2.04. The number of carbonyl (C=O) groups excluding carboxylic acids is 1. The molecule has 27 heavy (non-hydrogen) atoms. The zero-order valence-corrected chi connectivity index (χ0v) is 15.1. The van der Waals surface area contributed by atoms with E-state index in [1.165, 1.54) is 18.2 Å². The fourth-order valence-electron chi connectivity index (χ4n) is 2.30. The van der Waals surface area contributed by atoms with Crippen LogP contribution in [0.5, 0.6) is 0 Å². The van der Waals surface area contributed by atoms with E-state index >= 15 is 0 Å². The third-order valence-electron chi connectivity index (χ3n) is 3.66. The van der Waals surface area contributed by atoms with E-state index in [0.29, 0.717) is 20.4 Å². The van der Waals surface area contributed by atoms with E-state index in [1.807, 2.05) is 19.1 Å². The molecule has 0 aliphatic carbocycles. The van der Waals surface area contributed by atoms with Crippen LogP contribution in [-0.4, -0.2) is 15.8 Å². The minimum absolute atomic E-state index is 0.0194. The van der Waals surface area contributed by atoms with Crippen LogP contribution < -0.4 is 20.1 Å². The van der Waals surface area contributed by atoms with Crippen molar-refractivity contribution in [3.05, 3.63) is 89.3 Å². The van der Waals surface area contributed by atoms with Gasteiger partial charge >= 0.3 is 0 Å². The highest BCUT2D eigenvalue weighted by atomic mass is 32.1. The molecule has 0 fully saturated rings. The van der Waals surface area contributed by atoms with Crippen molar-refractivity contribution >= 4 is 40.8 Å². The molecule has 0 atom stereocenters. The first-order chi connectivity index (χ1) is 12.9. The number of aryl methyl sites for hydroxylation is 1. The number of carbonyl (C=O) groups is 1. The van der Waals surface area contributed by atoms with Gasteiger partial charge in [0.15, 0.2) is 0 Å². The van der Waals surface area contributed by atoms with Gasteiger partial charge in [0.05, 0.1) is 9.46 Å². The van der Waals surface area contributed by atoms with Crippen molar-refractivity contribution in [1.29, 1.82) is 0 Å². The summed E-state index contributed by atoms with van der Waals surface area (Å²) in [5.41, 5.74) is 2.06. The molecule has 0 unspecified atom stereocenters. The number of nitro groups is 1. The number of nitrogens with one attached hydrogen (secondary N) is 2. The molecular formula is C19H15N3O4S. The van der Waals surface area contributed by atoms with E-state index in [4.69, 9.17) is 0 Å². The van der Waals surface area contributed by atoms with Crippen LogP contribution in [0.2, 0.25) is 0 Å². The zero-order valence-electron chi connectivity index (χ0n) is 14.3. The number of thiazole rings is 1. The Morgan fingerprint density at radius 1 is 1.15 bits per heavy atom. The Morgan fingerprint density at radius 2 is 1.81 bits per heavy atom. The van der Waals surface area contributed by atoms with Gasteiger partial charge in [-0.1, -0.05) is 17.7 Å². The van der Waals surface area contributed by atoms with Crippen LogP contribution in [0.1, 0.15) is 11.1 Å². The quantitative estimate of drug-likeness (QED) is 0.532. The van der Waals surface area contributed by atoms with Gasteiger partial charge in [0.25, 0.3) is 17.2 Å². The van der Waals surface area contributed by atoms with Crippen LogP contribution in [0.3, 0.4) is 0 Å². The van der Waals surface area contributed by atoms with E-state index in [1.54, 1.807) is 30.3 Å². The number of H-pyrrole nitrogens is 1. The summed E-state index contributed by atoms with van der Waals surface area (Å²) in [6.45, 7) is 1.96. The van der Waals surface area contributed by atoms with E-state index in [0.717, 1.165) is 16.9 Å². The minimum Gasteiger partial charge on any atom is -0.322 e. The molecule has 7 nitrogen and oxygen atoms in total. The Labute approximate surface area is 157 Å². The fraction of sp³-hybridized carbons (Fsp3) is 0.0526. The zero-order chi connectivity index (χ0) is 19.4. The number of hydrogen-bond donors (Lipinski definition) is 2. The number of nitrogens with zero attached hydrogens (tertiary/aromatic N) is 1. The molecule has 1 amide bonds. The lowest BCUT2D eigenvalue weighted by Gasteiger charge is -2.01. The summed E-state index contributed by atoms with van der Waals surface area (Å²) in [6, 6.07) is 13.2. The molecule has 0 aliphatic rings. The van der Waals surface area contributed by atoms with Gasteiger partial charge in [-0.2, -0.15) is 0 Å². The maximum absolute atomic E-state index is 12.1. The first-order valence-electron chi connectivity index (χ1n) is 7.95. The third-order valence-corrected chi connectivity index (χ3v) is 4.63. The molecule has 1 heterocycles. The first kappa shape index (κ1) is 18.3. The summed E-state index contributed by atoms with van der Waals surface area (Å²) >= 11 is 1.13. The summed E-state index contributed by atoms with van der Waals surface area (Å²) in [5, 5.41) is 13.4. The predicted octanol–water partition coefficient (Wildman–Crippen LogP) is 1.90. The molecule has 136 valence electrons. The Kier molecular flexibility index (Phi) is 5.28. The molecule has 3 aromatic rings. The van der Waals surface area contributed by atoms with E-state index in [9.17, 15) is 19.7 Å². The number of aromatic nitrogens is 1. The number of benzene rings is 2. The molecule has 2 N–H and O–H groups in total.